The molecule has 0 bridgehead atoms. The van der Waals surface area contributed by atoms with E-state index in [0.29, 0.717) is 11.5 Å². The highest BCUT2D eigenvalue weighted by Crippen LogP contribution is 2.29. The number of nitrogens with zero attached hydrogens (tertiary/aromatic N) is 2. The molecule has 5 aromatic carbocycles. The molecule has 0 heterocycles. The number of ether oxygens (including phenoxy) is 1. The molecule has 5 rings (SSSR count). The SMILES string of the molecule is Cc1ccc(S(=O)(=O)N(CC(=O)N(Cc2cccc(Br)c2)[C@@H](Cc2ccccc2)C(=O)NC(C)C)c2ccc(Oc3ccccc3)cc2)cc1. The van der Waals surface area contributed by atoms with Crippen molar-refractivity contribution in [3.05, 3.63) is 155 Å². The summed E-state index contributed by atoms with van der Waals surface area (Å²) in [4.78, 5) is 30.1. The zero-order chi connectivity index (χ0) is 35.7. The quantitative estimate of drug-likeness (QED) is 0.124. The fourth-order valence-electron chi connectivity index (χ4n) is 5.44. The summed E-state index contributed by atoms with van der Waals surface area (Å²) in [5.41, 5.74) is 2.81. The number of sulfonamides is 1. The maximum absolute atomic E-state index is 14.7. The van der Waals surface area contributed by atoms with E-state index < -0.39 is 28.5 Å². The maximum atomic E-state index is 14.7. The number of carbonyl (C=O) groups excluding carboxylic acids is 2. The molecule has 10 heteroatoms. The van der Waals surface area contributed by atoms with E-state index in [4.69, 9.17) is 4.74 Å². The van der Waals surface area contributed by atoms with Crippen molar-refractivity contribution in [3.8, 4) is 11.5 Å². The maximum Gasteiger partial charge on any atom is 0.264 e. The molecule has 2 amide bonds. The number of rotatable bonds is 14. The number of nitrogens with one attached hydrogen (secondary N) is 1. The molecule has 0 aliphatic heterocycles. The summed E-state index contributed by atoms with van der Waals surface area (Å²) >= 11 is 3.52. The van der Waals surface area contributed by atoms with Gasteiger partial charge in [-0.05, 0) is 92.6 Å². The number of aryl methyl sites for hydroxylation is 1. The van der Waals surface area contributed by atoms with Gasteiger partial charge in [0.25, 0.3) is 10.0 Å². The Kier molecular flexibility index (Phi) is 12.1. The molecular formula is C40H40BrN3O5S. The third-order valence-electron chi connectivity index (χ3n) is 7.94. The largest absolute Gasteiger partial charge is 0.457 e. The average Bonchev–Trinajstić information content (AvgIpc) is 3.10. The van der Waals surface area contributed by atoms with Crippen LogP contribution in [0.4, 0.5) is 5.69 Å². The number of hydrogen-bond donors (Lipinski definition) is 1. The van der Waals surface area contributed by atoms with Crippen LogP contribution in [0.5, 0.6) is 11.5 Å². The summed E-state index contributed by atoms with van der Waals surface area (Å²) < 4.78 is 36.6. The van der Waals surface area contributed by atoms with Crippen molar-refractivity contribution in [1.82, 2.24) is 10.2 Å². The fourth-order valence-corrected chi connectivity index (χ4v) is 7.30. The van der Waals surface area contributed by atoms with Crippen LogP contribution in [-0.2, 0) is 32.6 Å². The smallest absolute Gasteiger partial charge is 0.264 e. The molecule has 0 spiro atoms. The topological polar surface area (TPSA) is 96.0 Å². The molecule has 8 nitrogen and oxygen atoms in total. The van der Waals surface area contributed by atoms with Crippen LogP contribution >= 0.6 is 15.9 Å². The molecule has 0 aliphatic rings. The van der Waals surface area contributed by atoms with Crippen LogP contribution in [-0.4, -0.2) is 43.8 Å². The monoisotopic (exact) mass is 753 g/mol. The van der Waals surface area contributed by atoms with E-state index in [1.807, 2.05) is 106 Å². The van der Waals surface area contributed by atoms with Crippen molar-refractivity contribution in [2.24, 2.45) is 0 Å². The lowest BCUT2D eigenvalue weighted by molar-refractivity contribution is -0.140. The van der Waals surface area contributed by atoms with E-state index in [1.54, 1.807) is 36.4 Å². The number of amides is 2. The minimum Gasteiger partial charge on any atom is -0.457 e. The summed E-state index contributed by atoms with van der Waals surface area (Å²) in [7, 11) is -4.24. The Morgan fingerprint density at radius 1 is 0.760 bits per heavy atom. The lowest BCUT2D eigenvalue weighted by Gasteiger charge is -2.34. The first-order valence-electron chi connectivity index (χ1n) is 16.3. The Balaban J connectivity index is 1.56. The van der Waals surface area contributed by atoms with Gasteiger partial charge in [0.1, 0.15) is 24.1 Å². The van der Waals surface area contributed by atoms with Crippen molar-refractivity contribution < 1.29 is 22.7 Å². The molecule has 0 fully saturated rings. The highest BCUT2D eigenvalue weighted by molar-refractivity contribution is 9.10. The lowest BCUT2D eigenvalue weighted by Crippen LogP contribution is -2.54. The van der Waals surface area contributed by atoms with Crippen molar-refractivity contribution in [3.63, 3.8) is 0 Å². The molecule has 0 aliphatic carbocycles. The van der Waals surface area contributed by atoms with Gasteiger partial charge in [0, 0.05) is 23.5 Å². The average molecular weight is 755 g/mol. The molecule has 0 aromatic heterocycles. The van der Waals surface area contributed by atoms with Gasteiger partial charge >= 0.3 is 0 Å². The number of anilines is 1. The highest BCUT2D eigenvalue weighted by atomic mass is 79.9. The molecule has 0 saturated heterocycles. The van der Waals surface area contributed by atoms with Gasteiger partial charge in [-0.15, -0.1) is 0 Å². The van der Waals surface area contributed by atoms with Crippen molar-refractivity contribution in [1.29, 1.82) is 0 Å². The summed E-state index contributed by atoms with van der Waals surface area (Å²) in [6.07, 6.45) is 0.232. The molecular weight excluding hydrogens is 714 g/mol. The molecule has 0 unspecified atom stereocenters. The normalized spacial score (nSPS) is 11.9. The van der Waals surface area contributed by atoms with E-state index in [2.05, 4.69) is 21.2 Å². The third kappa shape index (κ3) is 9.61. The second-order valence-electron chi connectivity index (χ2n) is 12.3. The van der Waals surface area contributed by atoms with Gasteiger partial charge in [-0.25, -0.2) is 8.42 Å². The molecule has 5 aromatic rings. The van der Waals surface area contributed by atoms with Crippen LogP contribution in [0.2, 0.25) is 0 Å². The summed E-state index contributed by atoms with van der Waals surface area (Å²) in [6, 6.07) is 38.1. The zero-order valence-electron chi connectivity index (χ0n) is 28.2. The minimum absolute atomic E-state index is 0.0393. The van der Waals surface area contributed by atoms with Crippen LogP contribution in [0.15, 0.2) is 143 Å². The Labute approximate surface area is 302 Å². The van der Waals surface area contributed by atoms with Gasteiger partial charge < -0.3 is 15.0 Å². The molecule has 0 saturated carbocycles. The number of halogens is 1. The van der Waals surface area contributed by atoms with Crippen LogP contribution in [0, 0.1) is 6.92 Å². The van der Waals surface area contributed by atoms with Gasteiger partial charge in [-0.2, -0.15) is 0 Å². The van der Waals surface area contributed by atoms with E-state index in [9.17, 15) is 18.0 Å². The van der Waals surface area contributed by atoms with Gasteiger partial charge in [0.15, 0.2) is 0 Å². The Hall–Kier alpha value is -4.93. The number of para-hydroxylation sites is 1. The van der Waals surface area contributed by atoms with Crippen molar-refractivity contribution in [2.45, 2.75) is 50.7 Å². The van der Waals surface area contributed by atoms with E-state index in [0.717, 1.165) is 25.5 Å². The van der Waals surface area contributed by atoms with Crippen LogP contribution < -0.4 is 14.4 Å². The number of benzene rings is 5. The zero-order valence-corrected chi connectivity index (χ0v) is 30.6. The van der Waals surface area contributed by atoms with Gasteiger partial charge in [-0.1, -0.05) is 94.3 Å². The first-order valence-corrected chi connectivity index (χ1v) is 18.5. The second-order valence-corrected chi connectivity index (χ2v) is 15.0. The first kappa shape index (κ1) is 36.4. The predicted molar refractivity (Wildman–Crippen MR) is 201 cm³/mol. The molecule has 1 atom stereocenters. The molecule has 50 heavy (non-hydrogen) atoms. The molecule has 258 valence electrons. The van der Waals surface area contributed by atoms with Crippen LogP contribution in [0.25, 0.3) is 0 Å². The van der Waals surface area contributed by atoms with Gasteiger partial charge in [0.05, 0.1) is 10.6 Å². The minimum atomic E-state index is -4.24. The Bertz CT molecular complexity index is 1990. The number of hydrogen-bond acceptors (Lipinski definition) is 5. The van der Waals surface area contributed by atoms with E-state index >= 15 is 0 Å². The van der Waals surface area contributed by atoms with Gasteiger partial charge in [-0.3, -0.25) is 13.9 Å². The Morgan fingerprint density at radius 2 is 1.36 bits per heavy atom. The fraction of sp³-hybridized carbons (Fsp3) is 0.200. The predicted octanol–water partition coefficient (Wildman–Crippen LogP) is 7.91. The third-order valence-corrected chi connectivity index (χ3v) is 10.2. The molecule has 1 N–H and O–H groups in total. The number of carbonyl (C=O) groups is 2. The van der Waals surface area contributed by atoms with Crippen LogP contribution in [0.3, 0.4) is 0 Å². The van der Waals surface area contributed by atoms with Crippen LogP contribution in [0.1, 0.15) is 30.5 Å². The van der Waals surface area contributed by atoms with Crippen molar-refractivity contribution >= 4 is 43.5 Å². The summed E-state index contributed by atoms with van der Waals surface area (Å²) in [6.45, 7) is 5.11. The lowest BCUT2D eigenvalue weighted by atomic mass is 10.0. The van der Waals surface area contributed by atoms with Gasteiger partial charge in [0.2, 0.25) is 11.8 Å². The molecule has 0 radical (unpaired) electrons. The van der Waals surface area contributed by atoms with Crippen molar-refractivity contribution in [2.75, 3.05) is 10.8 Å². The highest BCUT2D eigenvalue weighted by Gasteiger charge is 2.35. The second kappa shape index (κ2) is 16.7. The summed E-state index contributed by atoms with van der Waals surface area (Å²) in [5.74, 6) is 0.267. The standard InChI is InChI=1S/C40H40BrN3O5S/c1-29(2)42-40(46)38(26-31-11-6-4-7-12-31)43(27-32-13-10-14-33(41)25-32)39(45)28-44(50(47,48)37-23-17-30(3)18-24-37)34-19-21-36(22-20-34)49-35-15-8-5-9-16-35/h4-25,29,38H,26-28H2,1-3H3,(H,42,46)/t38-/m0/s1. The van der Waals surface area contributed by atoms with E-state index in [1.165, 1.54) is 17.0 Å². The first-order chi connectivity index (χ1) is 24.0. The Morgan fingerprint density at radius 3 is 1.98 bits per heavy atom. The van der Waals surface area contributed by atoms with E-state index in [-0.39, 0.29) is 35.5 Å². The summed E-state index contributed by atoms with van der Waals surface area (Å²) in [5, 5.41) is 2.98.